The third kappa shape index (κ3) is 2.74. The molecule has 0 fully saturated rings. The molecule has 0 atom stereocenters. The van der Waals surface area contributed by atoms with Crippen molar-refractivity contribution in [3.63, 3.8) is 0 Å². The van der Waals surface area contributed by atoms with Gasteiger partial charge in [-0.25, -0.2) is 0 Å². The zero-order valence-electron chi connectivity index (χ0n) is 15.8. The van der Waals surface area contributed by atoms with Gasteiger partial charge in [-0.05, 0) is 51.2 Å². The SMILES string of the molecule is c1cc(-c2ccc3ccccc3c2)cc(-c2cccc3c2sc2ccccc23)c1. The number of fused-ring (bicyclic) bond motifs is 4. The zero-order valence-corrected chi connectivity index (χ0v) is 16.6. The van der Waals surface area contributed by atoms with Crippen LogP contribution in [-0.4, -0.2) is 0 Å². The lowest BCUT2D eigenvalue weighted by Crippen LogP contribution is -1.82. The van der Waals surface area contributed by atoms with Crippen LogP contribution in [-0.2, 0) is 0 Å². The summed E-state index contributed by atoms with van der Waals surface area (Å²) in [6.45, 7) is 0. The Morgan fingerprint density at radius 2 is 1.17 bits per heavy atom. The van der Waals surface area contributed by atoms with Crippen molar-refractivity contribution in [3.05, 3.63) is 109 Å². The van der Waals surface area contributed by atoms with E-state index >= 15 is 0 Å². The summed E-state index contributed by atoms with van der Waals surface area (Å²) in [6, 6.07) is 39.6. The van der Waals surface area contributed by atoms with E-state index < -0.39 is 0 Å². The van der Waals surface area contributed by atoms with Crippen LogP contribution in [0.1, 0.15) is 0 Å². The first-order chi connectivity index (χ1) is 14.4. The highest BCUT2D eigenvalue weighted by Crippen LogP contribution is 2.40. The van der Waals surface area contributed by atoms with Crippen molar-refractivity contribution in [2.75, 3.05) is 0 Å². The average Bonchev–Trinajstić information content (AvgIpc) is 3.18. The molecule has 6 aromatic rings. The summed E-state index contributed by atoms with van der Waals surface area (Å²) >= 11 is 1.89. The fourth-order valence-electron chi connectivity index (χ4n) is 4.21. The van der Waals surface area contributed by atoms with Crippen LogP contribution < -0.4 is 0 Å². The predicted molar refractivity (Wildman–Crippen MR) is 128 cm³/mol. The summed E-state index contributed by atoms with van der Waals surface area (Å²) in [7, 11) is 0. The first-order valence-electron chi connectivity index (χ1n) is 9.87. The molecule has 0 radical (unpaired) electrons. The van der Waals surface area contributed by atoms with Crippen LogP contribution in [0.3, 0.4) is 0 Å². The topological polar surface area (TPSA) is 0 Å². The largest absolute Gasteiger partial charge is 0.135 e. The molecule has 0 aliphatic heterocycles. The first-order valence-corrected chi connectivity index (χ1v) is 10.7. The van der Waals surface area contributed by atoms with E-state index in [0.717, 1.165) is 0 Å². The van der Waals surface area contributed by atoms with Gasteiger partial charge in [0.1, 0.15) is 0 Å². The number of hydrogen-bond donors (Lipinski definition) is 0. The molecule has 0 unspecified atom stereocenters. The lowest BCUT2D eigenvalue weighted by atomic mass is 9.96. The number of benzene rings is 5. The lowest BCUT2D eigenvalue weighted by Gasteiger charge is -2.08. The second-order valence-electron chi connectivity index (χ2n) is 7.42. The highest BCUT2D eigenvalue weighted by Gasteiger charge is 2.10. The van der Waals surface area contributed by atoms with Crippen LogP contribution in [0.25, 0.3) is 53.2 Å². The maximum absolute atomic E-state index is 2.32. The fourth-order valence-corrected chi connectivity index (χ4v) is 5.45. The Balaban J connectivity index is 1.53. The van der Waals surface area contributed by atoms with E-state index in [4.69, 9.17) is 0 Å². The van der Waals surface area contributed by atoms with Crippen LogP contribution >= 0.6 is 11.3 Å². The molecule has 0 spiro atoms. The number of rotatable bonds is 2. The van der Waals surface area contributed by atoms with Gasteiger partial charge < -0.3 is 0 Å². The fraction of sp³-hybridized carbons (Fsp3) is 0. The van der Waals surface area contributed by atoms with Crippen molar-refractivity contribution in [2.45, 2.75) is 0 Å². The molecular formula is C28H18S. The Labute approximate surface area is 173 Å². The van der Waals surface area contributed by atoms with Gasteiger partial charge in [0.15, 0.2) is 0 Å². The van der Waals surface area contributed by atoms with Crippen LogP contribution in [0.2, 0.25) is 0 Å². The zero-order chi connectivity index (χ0) is 19.2. The summed E-state index contributed by atoms with van der Waals surface area (Å²) in [5, 5.41) is 5.25. The van der Waals surface area contributed by atoms with Crippen molar-refractivity contribution in [1.82, 2.24) is 0 Å². The minimum Gasteiger partial charge on any atom is -0.135 e. The molecule has 0 bridgehead atoms. The summed E-state index contributed by atoms with van der Waals surface area (Å²) in [5.41, 5.74) is 5.10. The molecule has 0 nitrogen and oxygen atoms in total. The van der Waals surface area contributed by atoms with Gasteiger partial charge in [-0.1, -0.05) is 91.0 Å². The van der Waals surface area contributed by atoms with Crippen molar-refractivity contribution >= 4 is 42.3 Å². The normalized spacial score (nSPS) is 11.4. The van der Waals surface area contributed by atoms with E-state index in [-0.39, 0.29) is 0 Å². The van der Waals surface area contributed by atoms with Crippen molar-refractivity contribution in [1.29, 1.82) is 0 Å². The van der Waals surface area contributed by atoms with Crippen molar-refractivity contribution in [3.8, 4) is 22.3 Å². The molecule has 1 aromatic heterocycles. The molecule has 1 heteroatoms. The molecule has 6 rings (SSSR count). The maximum atomic E-state index is 2.32. The predicted octanol–water partition coefficient (Wildman–Crippen LogP) is 8.54. The van der Waals surface area contributed by atoms with Crippen LogP contribution in [0.15, 0.2) is 109 Å². The summed E-state index contributed by atoms with van der Waals surface area (Å²) in [5.74, 6) is 0. The molecule has 0 saturated heterocycles. The van der Waals surface area contributed by atoms with Crippen molar-refractivity contribution < 1.29 is 0 Å². The molecule has 1 heterocycles. The van der Waals surface area contributed by atoms with Gasteiger partial charge in [0.25, 0.3) is 0 Å². The monoisotopic (exact) mass is 386 g/mol. The van der Waals surface area contributed by atoms with Crippen LogP contribution in [0.5, 0.6) is 0 Å². The average molecular weight is 387 g/mol. The molecule has 0 saturated carbocycles. The Morgan fingerprint density at radius 1 is 0.448 bits per heavy atom. The molecule has 0 amide bonds. The second-order valence-corrected chi connectivity index (χ2v) is 8.48. The van der Waals surface area contributed by atoms with E-state index in [1.165, 1.54) is 53.2 Å². The standard InChI is InChI=1S/C28H18S/c1-2-8-20-17-22(16-15-19(20)7-1)21-9-5-10-23(18-21)24-12-6-13-26-25-11-3-4-14-27(25)29-28(24)26/h1-18H. The Bertz CT molecular complexity index is 1500. The Kier molecular flexibility index (Phi) is 3.75. The highest BCUT2D eigenvalue weighted by atomic mass is 32.1. The molecule has 0 aliphatic rings. The van der Waals surface area contributed by atoms with Gasteiger partial charge in [-0.15, -0.1) is 11.3 Å². The van der Waals surface area contributed by atoms with Gasteiger partial charge in [-0.2, -0.15) is 0 Å². The number of hydrogen-bond acceptors (Lipinski definition) is 1. The Morgan fingerprint density at radius 3 is 2.14 bits per heavy atom. The third-order valence-corrected chi connectivity index (χ3v) is 6.88. The molecular weight excluding hydrogens is 368 g/mol. The highest BCUT2D eigenvalue weighted by molar-refractivity contribution is 7.26. The Hall–Kier alpha value is -3.42. The quantitative estimate of drug-likeness (QED) is 0.280. The lowest BCUT2D eigenvalue weighted by molar-refractivity contribution is 1.63. The maximum Gasteiger partial charge on any atom is 0.0433 e. The summed E-state index contributed by atoms with van der Waals surface area (Å²) < 4.78 is 2.71. The minimum atomic E-state index is 1.26. The van der Waals surface area contributed by atoms with E-state index in [1.54, 1.807) is 0 Å². The number of thiophene rings is 1. The second kappa shape index (κ2) is 6.58. The van der Waals surface area contributed by atoms with Crippen LogP contribution in [0, 0.1) is 0 Å². The molecule has 136 valence electrons. The summed E-state index contributed by atoms with van der Waals surface area (Å²) in [6.07, 6.45) is 0. The van der Waals surface area contributed by atoms with E-state index in [2.05, 4.69) is 109 Å². The summed E-state index contributed by atoms with van der Waals surface area (Å²) in [4.78, 5) is 0. The van der Waals surface area contributed by atoms with E-state index in [1.807, 2.05) is 11.3 Å². The first kappa shape index (κ1) is 16.5. The van der Waals surface area contributed by atoms with E-state index in [0.29, 0.717) is 0 Å². The molecule has 5 aromatic carbocycles. The molecule has 0 aliphatic carbocycles. The van der Waals surface area contributed by atoms with Crippen molar-refractivity contribution in [2.24, 2.45) is 0 Å². The van der Waals surface area contributed by atoms with Gasteiger partial charge in [0.05, 0.1) is 0 Å². The minimum absolute atomic E-state index is 1.26. The van der Waals surface area contributed by atoms with E-state index in [9.17, 15) is 0 Å². The van der Waals surface area contributed by atoms with Gasteiger partial charge in [0, 0.05) is 20.2 Å². The smallest absolute Gasteiger partial charge is 0.0433 e. The van der Waals surface area contributed by atoms with Gasteiger partial charge in [-0.3, -0.25) is 0 Å². The molecule has 29 heavy (non-hydrogen) atoms. The molecule has 0 N–H and O–H groups in total. The van der Waals surface area contributed by atoms with Gasteiger partial charge >= 0.3 is 0 Å². The third-order valence-electron chi connectivity index (χ3n) is 5.66. The van der Waals surface area contributed by atoms with Gasteiger partial charge in [0.2, 0.25) is 0 Å². The van der Waals surface area contributed by atoms with Crippen LogP contribution in [0.4, 0.5) is 0 Å².